The Morgan fingerprint density at radius 2 is 1.41 bits per heavy atom. The molecule has 0 radical (unpaired) electrons. The van der Waals surface area contributed by atoms with E-state index in [1.54, 1.807) is 24.3 Å². The molecule has 0 bridgehead atoms. The van der Waals surface area contributed by atoms with Crippen LogP contribution in [-0.4, -0.2) is 36.6 Å². The molecule has 4 aromatic carbocycles. The molecule has 0 aliphatic carbocycles. The first kappa shape index (κ1) is 35.7. The number of hydrogen-bond acceptors (Lipinski definition) is 4. The van der Waals surface area contributed by atoms with E-state index in [-0.39, 0.29) is 24.3 Å². The second kappa shape index (κ2) is 14.9. The van der Waals surface area contributed by atoms with Crippen molar-refractivity contribution >= 4 is 17.6 Å². The molecule has 1 atom stereocenters. The molecule has 1 aliphatic rings. The Labute approximate surface area is 287 Å². The highest BCUT2D eigenvalue weighted by atomic mass is 19.4. The van der Waals surface area contributed by atoms with E-state index >= 15 is 0 Å². The average molecular weight is 671 g/mol. The molecule has 1 N–H and O–H groups in total. The van der Waals surface area contributed by atoms with E-state index in [4.69, 9.17) is 4.74 Å². The minimum absolute atomic E-state index is 0.0761. The summed E-state index contributed by atoms with van der Waals surface area (Å²) >= 11 is 0. The van der Waals surface area contributed by atoms with Gasteiger partial charge in [0.1, 0.15) is 5.60 Å². The number of esters is 1. The van der Waals surface area contributed by atoms with E-state index < -0.39 is 22.8 Å². The molecule has 1 heterocycles. The van der Waals surface area contributed by atoms with Crippen molar-refractivity contribution in [2.24, 2.45) is 0 Å². The molecule has 0 spiro atoms. The standard InChI is InChI=1S/C41H45F3N2O3/c1-5-25-40(30-13-7-6-8-14-30,28-37(47)49-39(2,3)4)35-17-11-12-18-36(35)46-26-23-32(24-27-46)45-38(48)34-16-10-9-15-33(34)29-19-21-31(22-20-29)41(42,43)44/h6-22,32H,5,23-28H2,1-4H3,(H,45,48). The zero-order chi connectivity index (χ0) is 35.2. The van der Waals surface area contributed by atoms with Crippen molar-refractivity contribution < 1.29 is 27.5 Å². The maximum Gasteiger partial charge on any atom is 0.416 e. The zero-order valence-corrected chi connectivity index (χ0v) is 28.6. The van der Waals surface area contributed by atoms with Gasteiger partial charge < -0.3 is 15.0 Å². The third-order valence-electron chi connectivity index (χ3n) is 9.15. The van der Waals surface area contributed by atoms with Crippen LogP contribution in [0.25, 0.3) is 11.1 Å². The Morgan fingerprint density at radius 3 is 2.04 bits per heavy atom. The topological polar surface area (TPSA) is 58.6 Å². The van der Waals surface area contributed by atoms with Crippen LogP contribution in [0.5, 0.6) is 0 Å². The largest absolute Gasteiger partial charge is 0.460 e. The fraction of sp³-hybridized carbons (Fsp3) is 0.366. The average Bonchev–Trinajstić information content (AvgIpc) is 3.07. The molecule has 1 fully saturated rings. The van der Waals surface area contributed by atoms with E-state index in [0.717, 1.165) is 41.8 Å². The Kier molecular flexibility index (Phi) is 10.9. The molecule has 4 aromatic rings. The molecule has 0 aromatic heterocycles. The number of rotatable bonds is 10. The van der Waals surface area contributed by atoms with Gasteiger partial charge in [-0.1, -0.05) is 92.2 Å². The first-order valence-electron chi connectivity index (χ1n) is 17.0. The lowest BCUT2D eigenvalue weighted by Gasteiger charge is -2.41. The lowest BCUT2D eigenvalue weighted by molar-refractivity contribution is -0.156. The highest BCUT2D eigenvalue weighted by Gasteiger charge is 2.40. The number of carbonyl (C=O) groups is 2. The number of amides is 1. The molecule has 5 nitrogen and oxygen atoms in total. The van der Waals surface area contributed by atoms with Crippen LogP contribution in [-0.2, 0) is 21.1 Å². The molecule has 1 amide bonds. The number of ether oxygens (including phenoxy) is 1. The van der Waals surface area contributed by atoms with Crippen LogP contribution >= 0.6 is 0 Å². The molecular weight excluding hydrogens is 625 g/mol. The fourth-order valence-corrected chi connectivity index (χ4v) is 6.98. The van der Waals surface area contributed by atoms with Crippen molar-refractivity contribution in [3.05, 3.63) is 125 Å². The van der Waals surface area contributed by atoms with Gasteiger partial charge in [0.05, 0.1) is 12.0 Å². The predicted octanol–water partition coefficient (Wildman–Crippen LogP) is 9.59. The summed E-state index contributed by atoms with van der Waals surface area (Å²) in [4.78, 5) is 29.4. The summed E-state index contributed by atoms with van der Waals surface area (Å²) in [5.74, 6) is -0.490. The second-order valence-corrected chi connectivity index (χ2v) is 13.8. The van der Waals surface area contributed by atoms with Crippen LogP contribution in [0.4, 0.5) is 18.9 Å². The SMILES string of the molecule is CCCC(CC(=O)OC(C)(C)C)(c1ccccc1)c1ccccc1N1CCC(NC(=O)c2ccccc2-c2ccc(C(F)(F)F)cc2)CC1. The first-order chi connectivity index (χ1) is 23.3. The van der Waals surface area contributed by atoms with Gasteiger partial charge in [-0.05, 0) is 86.6 Å². The van der Waals surface area contributed by atoms with Gasteiger partial charge in [0.25, 0.3) is 5.91 Å². The highest BCUT2D eigenvalue weighted by Crippen LogP contribution is 2.45. The summed E-state index contributed by atoms with van der Waals surface area (Å²) in [6.07, 6.45) is -1.17. The van der Waals surface area contributed by atoms with Gasteiger partial charge >= 0.3 is 12.1 Å². The van der Waals surface area contributed by atoms with Crippen molar-refractivity contribution in [1.82, 2.24) is 5.32 Å². The molecule has 8 heteroatoms. The lowest BCUT2D eigenvalue weighted by Crippen LogP contribution is -2.45. The van der Waals surface area contributed by atoms with E-state index in [1.807, 2.05) is 51.1 Å². The van der Waals surface area contributed by atoms with Gasteiger partial charge in [-0.3, -0.25) is 9.59 Å². The molecular formula is C41H45F3N2O3. The van der Waals surface area contributed by atoms with Crippen LogP contribution in [0.15, 0.2) is 103 Å². The number of halogens is 3. The third-order valence-corrected chi connectivity index (χ3v) is 9.15. The summed E-state index contributed by atoms with van der Waals surface area (Å²) in [6.45, 7) is 9.20. The number of hydrogen-bond donors (Lipinski definition) is 1. The van der Waals surface area contributed by atoms with Crippen molar-refractivity contribution in [1.29, 1.82) is 0 Å². The van der Waals surface area contributed by atoms with Crippen molar-refractivity contribution in [2.75, 3.05) is 18.0 Å². The Balaban J connectivity index is 1.36. The number of benzene rings is 4. The summed E-state index contributed by atoms with van der Waals surface area (Å²) < 4.78 is 45.3. The van der Waals surface area contributed by atoms with Crippen molar-refractivity contribution in [3.8, 4) is 11.1 Å². The summed E-state index contributed by atoms with van der Waals surface area (Å²) in [5.41, 5.74) is 2.85. The van der Waals surface area contributed by atoms with Crippen LogP contribution in [0.2, 0.25) is 0 Å². The molecule has 1 saturated heterocycles. The van der Waals surface area contributed by atoms with E-state index in [9.17, 15) is 22.8 Å². The molecule has 0 saturated carbocycles. The summed E-state index contributed by atoms with van der Waals surface area (Å²) in [7, 11) is 0. The molecule has 1 aliphatic heterocycles. The first-order valence-corrected chi connectivity index (χ1v) is 17.0. The number of anilines is 1. The van der Waals surface area contributed by atoms with Crippen LogP contribution in [0, 0.1) is 0 Å². The highest BCUT2D eigenvalue weighted by molar-refractivity contribution is 6.01. The Bertz CT molecular complexity index is 1720. The van der Waals surface area contributed by atoms with Gasteiger partial charge in [-0.2, -0.15) is 13.2 Å². The van der Waals surface area contributed by atoms with E-state index in [1.165, 1.54) is 12.1 Å². The van der Waals surface area contributed by atoms with E-state index in [2.05, 4.69) is 41.4 Å². The molecule has 1 unspecified atom stereocenters. The Hall–Kier alpha value is -4.59. The molecule has 258 valence electrons. The third kappa shape index (κ3) is 8.53. The lowest BCUT2D eigenvalue weighted by atomic mass is 9.68. The quantitative estimate of drug-likeness (QED) is 0.171. The van der Waals surface area contributed by atoms with E-state index in [0.29, 0.717) is 42.6 Å². The number of nitrogens with zero attached hydrogens (tertiary/aromatic N) is 1. The molecule has 5 rings (SSSR count). The number of para-hydroxylation sites is 1. The minimum Gasteiger partial charge on any atom is -0.460 e. The maximum atomic E-state index is 13.6. The smallest absolute Gasteiger partial charge is 0.416 e. The number of alkyl halides is 3. The monoisotopic (exact) mass is 670 g/mol. The zero-order valence-electron chi connectivity index (χ0n) is 28.6. The fourth-order valence-electron chi connectivity index (χ4n) is 6.98. The second-order valence-electron chi connectivity index (χ2n) is 13.8. The number of nitrogens with one attached hydrogen (secondary N) is 1. The minimum atomic E-state index is -4.43. The van der Waals surface area contributed by atoms with Gasteiger partial charge in [0.15, 0.2) is 0 Å². The van der Waals surface area contributed by atoms with Crippen molar-refractivity contribution in [3.63, 3.8) is 0 Å². The normalized spacial score (nSPS) is 15.4. The van der Waals surface area contributed by atoms with Gasteiger partial charge in [0.2, 0.25) is 0 Å². The predicted molar refractivity (Wildman–Crippen MR) is 189 cm³/mol. The van der Waals surface area contributed by atoms with Crippen LogP contribution < -0.4 is 10.2 Å². The number of carbonyl (C=O) groups excluding carboxylic acids is 2. The van der Waals surface area contributed by atoms with Gasteiger partial charge in [-0.15, -0.1) is 0 Å². The van der Waals surface area contributed by atoms with Crippen molar-refractivity contribution in [2.45, 2.75) is 83.0 Å². The summed E-state index contributed by atoms with van der Waals surface area (Å²) in [5, 5.41) is 3.18. The van der Waals surface area contributed by atoms with Crippen LogP contribution in [0.1, 0.15) is 86.8 Å². The number of piperidine rings is 1. The van der Waals surface area contributed by atoms with Gasteiger partial charge in [-0.25, -0.2) is 0 Å². The Morgan fingerprint density at radius 1 is 0.796 bits per heavy atom. The van der Waals surface area contributed by atoms with Crippen LogP contribution in [0.3, 0.4) is 0 Å². The molecule has 49 heavy (non-hydrogen) atoms. The maximum absolute atomic E-state index is 13.6. The summed E-state index contributed by atoms with van der Waals surface area (Å²) in [6, 6.07) is 30.3. The van der Waals surface area contributed by atoms with Gasteiger partial charge in [0, 0.05) is 35.8 Å².